The van der Waals surface area contributed by atoms with E-state index < -0.39 is 42.7 Å². The van der Waals surface area contributed by atoms with Gasteiger partial charge in [0.25, 0.3) is 5.91 Å². The molecule has 31 heavy (non-hydrogen) atoms. The first-order chi connectivity index (χ1) is 14.8. The molecule has 0 spiro atoms. The van der Waals surface area contributed by atoms with E-state index in [2.05, 4.69) is 10.3 Å². The molecule has 0 saturated carbocycles. The van der Waals surface area contributed by atoms with Gasteiger partial charge in [0.05, 0.1) is 27.9 Å². The molecule has 1 aliphatic rings. The molecule has 4 atom stereocenters. The molecule has 0 radical (unpaired) electrons. The Bertz CT molecular complexity index is 984. The third kappa shape index (κ3) is 4.32. The topological polar surface area (TPSA) is 162 Å². The summed E-state index contributed by atoms with van der Waals surface area (Å²) in [6, 6.07) is 4.21. The van der Waals surface area contributed by atoms with Crippen molar-refractivity contribution in [2.75, 3.05) is 33.3 Å². The van der Waals surface area contributed by atoms with Crippen LogP contribution in [0.5, 0.6) is 17.2 Å². The van der Waals surface area contributed by atoms with Crippen molar-refractivity contribution in [3.8, 4) is 17.2 Å². The van der Waals surface area contributed by atoms with Gasteiger partial charge in [-0.2, -0.15) is 4.98 Å². The molecule has 4 N–H and O–H groups in total. The van der Waals surface area contributed by atoms with Crippen LogP contribution >= 0.6 is 0 Å². The van der Waals surface area contributed by atoms with Gasteiger partial charge in [0.2, 0.25) is 5.75 Å². The Kier molecular flexibility index (Phi) is 6.75. The Morgan fingerprint density at radius 1 is 1.16 bits per heavy atom. The summed E-state index contributed by atoms with van der Waals surface area (Å²) in [5, 5.41) is 31.6. The van der Waals surface area contributed by atoms with Gasteiger partial charge in [-0.3, -0.25) is 9.36 Å². The second-order valence-corrected chi connectivity index (χ2v) is 6.60. The minimum Gasteiger partial charge on any atom is -0.493 e. The summed E-state index contributed by atoms with van der Waals surface area (Å²) in [7, 11) is 4.27. The number of aromatic nitrogens is 2. The Balaban J connectivity index is 1.82. The SMILES string of the molecule is COc1cc(C(=O)Nc2ccn([C@@H]3O[C@H](CO)[C@@H](O)[C@@H]3O)c(=O)n2)cc(OC)c1OC. The lowest BCUT2D eigenvalue weighted by atomic mass is 10.1. The Morgan fingerprint density at radius 2 is 1.81 bits per heavy atom. The van der Waals surface area contributed by atoms with Gasteiger partial charge in [-0.25, -0.2) is 4.79 Å². The highest BCUT2D eigenvalue weighted by molar-refractivity contribution is 6.04. The fraction of sp³-hybridized carbons (Fsp3) is 0.421. The van der Waals surface area contributed by atoms with Gasteiger partial charge < -0.3 is 39.6 Å². The first-order valence-electron chi connectivity index (χ1n) is 9.17. The third-order valence-corrected chi connectivity index (χ3v) is 4.79. The van der Waals surface area contributed by atoms with Crippen LogP contribution in [-0.2, 0) is 4.74 Å². The number of nitrogens with one attached hydrogen (secondary N) is 1. The largest absolute Gasteiger partial charge is 0.493 e. The monoisotopic (exact) mass is 437 g/mol. The van der Waals surface area contributed by atoms with Crippen molar-refractivity contribution in [1.82, 2.24) is 9.55 Å². The number of carbonyl (C=O) groups excluding carboxylic acids is 1. The smallest absolute Gasteiger partial charge is 0.351 e. The van der Waals surface area contributed by atoms with Crippen LogP contribution in [0, 0.1) is 0 Å². The average molecular weight is 437 g/mol. The standard InChI is InChI=1S/C19H23N3O9/c1-28-10-6-9(7-11(29-2)16(10)30-3)17(26)20-13-4-5-22(19(27)21-13)18-15(25)14(24)12(8-23)31-18/h4-7,12,14-15,18,23-25H,8H2,1-3H3,(H,20,21,26,27)/t12-,14-,15+,18-/m1/s1. The number of carbonyl (C=O) groups is 1. The van der Waals surface area contributed by atoms with Crippen molar-refractivity contribution < 1.29 is 39.1 Å². The van der Waals surface area contributed by atoms with E-state index in [0.29, 0.717) is 5.75 Å². The summed E-state index contributed by atoms with van der Waals surface area (Å²) in [5.74, 6) is 0.240. The van der Waals surface area contributed by atoms with Crippen molar-refractivity contribution in [2.45, 2.75) is 24.5 Å². The maximum Gasteiger partial charge on any atom is 0.351 e. The number of benzene rings is 1. The quantitative estimate of drug-likeness (QED) is 0.428. The average Bonchev–Trinajstić information content (AvgIpc) is 3.06. The zero-order valence-corrected chi connectivity index (χ0v) is 17.0. The molecular weight excluding hydrogens is 414 g/mol. The van der Waals surface area contributed by atoms with Crippen LogP contribution in [0.25, 0.3) is 0 Å². The van der Waals surface area contributed by atoms with Crippen LogP contribution in [0.3, 0.4) is 0 Å². The molecule has 12 nitrogen and oxygen atoms in total. The van der Waals surface area contributed by atoms with Crippen molar-refractivity contribution in [3.63, 3.8) is 0 Å². The number of amides is 1. The normalized spacial score (nSPS) is 22.8. The van der Waals surface area contributed by atoms with Crippen molar-refractivity contribution >= 4 is 11.7 Å². The molecule has 2 heterocycles. The molecule has 1 aromatic heterocycles. The molecule has 1 saturated heterocycles. The highest BCUT2D eigenvalue weighted by Gasteiger charge is 2.43. The van der Waals surface area contributed by atoms with Gasteiger partial charge in [0, 0.05) is 11.8 Å². The fourth-order valence-electron chi connectivity index (χ4n) is 3.19. The molecule has 1 amide bonds. The summed E-state index contributed by atoms with van der Waals surface area (Å²) in [6.07, 6.45) is -3.81. The van der Waals surface area contributed by atoms with E-state index in [9.17, 15) is 24.9 Å². The van der Waals surface area contributed by atoms with Gasteiger partial charge in [-0.05, 0) is 18.2 Å². The van der Waals surface area contributed by atoms with E-state index in [1.54, 1.807) is 0 Å². The highest BCUT2D eigenvalue weighted by atomic mass is 16.6. The Hall–Kier alpha value is -3.19. The second kappa shape index (κ2) is 9.31. The van der Waals surface area contributed by atoms with Crippen LogP contribution in [0.2, 0.25) is 0 Å². The summed E-state index contributed by atoms with van der Waals surface area (Å²) < 4.78 is 21.9. The number of nitrogens with zero attached hydrogens (tertiary/aromatic N) is 2. The highest BCUT2D eigenvalue weighted by Crippen LogP contribution is 2.38. The number of methoxy groups -OCH3 is 3. The van der Waals surface area contributed by atoms with Crippen LogP contribution < -0.4 is 25.2 Å². The Morgan fingerprint density at radius 3 is 2.29 bits per heavy atom. The zero-order chi connectivity index (χ0) is 22.7. The zero-order valence-electron chi connectivity index (χ0n) is 17.0. The molecule has 2 aromatic rings. The van der Waals surface area contributed by atoms with E-state index in [-0.39, 0.29) is 22.9 Å². The van der Waals surface area contributed by atoms with Gasteiger partial charge in [-0.15, -0.1) is 0 Å². The van der Waals surface area contributed by atoms with Crippen LogP contribution in [0.4, 0.5) is 5.82 Å². The maximum atomic E-state index is 12.6. The molecule has 3 rings (SSSR count). The molecule has 1 fully saturated rings. The lowest BCUT2D eigenvalue weighted by molar-refractivity contribution is -0.0549. The fourth-order valence-corrected chi connectivity index (χ4v) is 3.19. The van der Waals surface area contributed by atoms with Crippen LogP contribution in [0.15, 0.2) is 29.2 Å². The van der Waals surface area contributed by atoms with E-state index in [4.69, 9.17) is 18.9 Å². The summed E-state index contributed by atoms with van der Waals surface area (Å²) in [4.78, 5) is 28.8. The molecule has 0 aliphatic carbocycles. The number of hydrogen-bond acceptors (Lipinski definition) is 10. The number of rotatable bonds is 7. The minimum absolute atomic E-state index is 0.0493. The Labute approximate surface area is 176 Å². The minimum atomic E-state index is -1.43. The third-order valence-electron chi connectivity index (χ3n) is 4.79. The molecule has 12 heteroatoms. The summed E-state index contributed by atoms with van der Waals surface area (Å²) in [6.45, 7) is -0.528. The van der Waals surface area contributed by atoms with E-state index >= 15 is 0 Å². The van der Waals surface area contributed by atoms with E-state index in [0.717, 1.165) is 4.57 Å². The van der Waals surface area contributed by atoms with Crippen molar-refractivity contribution in [2.24, 2.45) is 0 Å². The van der Waals surface area contributed by atoms with E-state index in [1.165, 1.54) is 45.7 Å². The van der Waals surface area contributed by atoms with Crippen LogP contribution in [0.1, 0.15) is 16.6 Å². The summed E-state index contributed by atoms with van der Waals surface area (Å²) >= 11 is 0. The van der Waals surface area contributed by atoms with Gasteiger partial charge in [0.1, 0.15) is 24.1 Å². The molecule has 0 bridgehead atoms. The summed E-state index contributed by atoms with van der Waals surface area (Å²) in [5.41, 5.74) is -0.665. The number of anilines is 1. The van der Waals surface area contributed by atoms with E-state index in [1.807, 2.05) is 0 Å². The lowest BCUT2D eigenvalue weighted by Gasteiger charge is -2.17. The van der Waals surface area contributed by atoms with Crippen LogP contribution in [-0.4, -0.2) is 77.0 Å². The first-order valence-corrected chi connectivity index (χ1v) is 9.17. The first kappa shape index (κ1) is 22.5. The lowest BCUT2D eigenvalue weighted by Crippen LogP contribution is -2.36. The van der Waals surface area contributed by atoms with Crippen molar-refractivity contribution in [1.29, 1.82) is 0 Å². The molecular formula is C19H23N3O9. The van der Waals surface area contributed by atoms with Gasteiger partial charge in [-0.1, -0.05) is 0 Å². The maximum absolute atomic E-state index is 12.6. The second-order valence-electron chi connectivity index (χ2n) is 6.60. The molecule has 1 aromatic carbocycles. The molecule has 0 unspecified atom stereocenters. The predicted molar refractivity (Wildman–Crippen MR) is 106 cm³/mol. The van der Waals surface area contributed by atoms with Crippen molar-refractivity contribution in [3.05, 3.63) is 40.4 Å². The molecule has 1 aliphatic heterocycles. The number of hydrogen-bond donors (Lipinski definition) is 4. The molecule has 168 valence electrons. The van der Waals surface area contributed by atoms with Gasteiger partial charge in [0.15, 0.2) is 17.7 Å². The number of ether oxygens (including phenoxy) is 4. The number of aliphatic hydroxyl groups excluding tert-OH is 3. The van der Waals surface area contributed by atoms with Gasteiger partial charge >= 0.3 is 5.69 Å². The predicted octanol–water partition coefficient (Wildman–Crippen LogP) is -0.867. The number of aliphatic hydroxyl groups is 3.